The Balaban J connectivity index is 2.43. The second-order valence-corrected chi connectivity index (χ2v) is 19.2. The maximum atomic E-state index is 14.5. The molecule has 0 bridgehead atoms. The lowest BCUT2D eigenvalue weighted by atomic mass is 9.71. The normalized spacial score (nSPS) is 22.3. The Morgan fingerprint density at radius 2 is 1.56 bits per heavy atom. The lowest BCUT2D eigenvalue weighted by Crippen LogP contribution is -2.66. The van der Waals surface area contributed by atoms with Crippen LogP contribution < -0.4 is 21.3 Å². The van der Waals surface area contributed by atoms with E-state index in [2.05, 4.69) is 27.2 Å². The number of rotatable bonds is 11. The zero-order valence-electron chi connectivity index (χ0n) is 30.7. The quantitative estimate of drug-likeness (QED) is 0.190. The van der Waals surface area contributed by atoms with Gasteiger partial charge >= 0.3 is 6.03 Å². The van der Waals surface area contributed by atoms with Crippen molar-refractivity contribution in [3.05, 3.63) is 0 Å². The van der Waals surface area contributed by atoms with Gasteiger partial charge in [0.05, 0.1) is 22.1 Å². The average Bonchev–Trinajstić information content (AvgIpc) is 2.96. The lowest BCUT2D eigenvalue weighted by Gasteiger charge is -2.49. The van der Waals surface area contributed by atoms with Crippen molar-refractivity contribution < 1.29 is 32.4 Å². The molecule has 2 aliphatic rings. The molecule has 1 aliphatic heterocycles. The molecule has 272 valence electrons. The van der Waals surface area contributed by atoms with Gasteiger partial charge < -0.3 is 26.2 Å². The first-order valence-corrected chi connectivity index (χ1v) is 18.7. The maximum absolute atomic E-state index is 14.5. The molecular formula is C35H59N5O7S. The predicted octanol–water partition coefficient (Wildman–Crippen LogP) is 3.09. The third-order valence-corrected chi connectivity index (χ3v) is 12.9. The number of terminal acetylenes is 1. The molecule has 5 amide bonds. The van der Waals surface area contributed by atoms with Gasteiger partial charge in [-0.2, -0.15) is 0 Å². The van der Waals surface area contributed by atoms with Gasteiger partial charge in [0.25, 0.3) is 5.91 Å². The summed E-state index contributed by atoms with van der Waals surface area (Å²) in [4.78, 5) is 68.6. The van der Waals surface area contributed by atoms with Gasteiger partial charge in [0.2, 0.25) is 17.6 Å². The average molecular weight is 694 g/mol. The van der Waals surface area contributed by atoms with E-state index in [1.807, 2.05) is 20.8 Å². The predicted molar refractivity (Wildman–Crippen MR) is 186 cm³/mol. The number of carbonyl (C=O) groups is 5. The highest BCUT2D eigenvalue weighted by atomic mass is 32.2. The Morgan fingerprint density at radius 1 is 0.979 bits per heavy atom. The molecule has 1 saturated carbocycles. The molecule has 0 aromatic heterocycles. The summed E-state index contributed by atoms with van der Waals surface area (Å²) in [6.45, 7) is 16.6. The minimum Gasteiger partial charge on any atom is -0.353 e. The van der Waals surface area contributed by atoms with Crippen LogP contribution in [-0.4, -0.2) is 90.6 Å². The fourth-order valence-electron chi connectivity index (χ4n) is 6.34. The van der Waals surface area contributed by atoms with Crippen LogP contribution >= 0.6 is 0 Å². The van der Waals surface area contributed by atoms with E-state index < -0.39 is 73.2 Å². The Labute approximate surface area is 288 Å². The fourth-order valence-corrected chi connectivity index (χ4v) is 7.86. The summed E-state index contributed by atoms with van der Waals surface area (Å²) in [7, 11) is -2.26. The van der Waals surface area contributed by atoms with Gasteiger partial charge in [0.1, 0.15) is 12.1 Å². The van der Waals surface area contributed by atoms with Crippen LogP contribution in [0.5, 0.6) is 0 Å². The van der Waals surface area contributed by atoms with Crippen LogP contribution in [0.2, 0.25) is 0 Å². The second-order valence-electron chi connectivity index (χ2n) is 16.5. The number of sulfone groups is 1. The van der Waals surface area contributed by atoms with Crippen molar-refractivity contribution in [1.82, 2.24) is 26.2 Å². The van der Waals surface area contributed by atoms with Crippen LogP contribution in [0.1, 0.15) is 114 Å². The summed E-state index contributed by atoms with van der Waals surface area (Å²) >= 11 is 0. The maximum Gasteiger partial charge on any atom is 0.315 e. The third kappa shape index (κ3) is 10.2. The summed E-state index contributed by atoms with van der Waals surface area (Å²) in [6, 6.07) is -3.89. The number of likely N-dealkylation sites (tertiary alicyclic amines) is 1. The van der Waals surface area contributed by atoms with Crippen LogP contribution in [0.15, 0.2) is 0 Å². The van der Waals surface area contributed by atoms with E-state index in [9.17, 15) is 32.4 Å². The van der Waals surface area contributed by atoms with Gasteiger partial charge in [-0.15, -0.1) is 12.3 Å². The molecule has 1 aliphatic carbocycles. The molecule has 0 aromatic rings. The van der Waals surface area contributed by atoms with Gasteiger partial charge in [-0.3, -0.25) is 19.2 Å². The summed E-state index contributed by atoms with van der Waals surface area (Å²) < 4.78 is 25.6. The van der Waals surface area contributed by atoms with Crippen LogP contribution in [-0.2, 0) is 29.0 Å². The van der Waals surface area contributed by atoms with Gasteiger partial charge in [-0.1, -0.05) is 60.8 Å². The molecule has 13 heteroatoms. The minimum absolute atomic E-state index is 0.0159. The lowest BCUT2D eigenvalue weighted by molar-refractivity contribution is -0.151. The first-order valence-electron chi connectivity index (χ1n) is 17.0. The van der Waals surface area contributed by atoms with Crippen LogP contribution in [0.4, 0.5) is 4.79 Å². The molecule has 1 saturated heterocycles. The zero-order chi connectivity index (χ0) is 36.9. The van der Waals surface area contributed by atoms with E-state index in [0.717, 1.165) is 19.3 Å². The molecule has 4 N–H and O–H groups in total. The molecule has 48 heavy (non-hydrogen) atoms. The summed E-state index contributed by atoms with van der Waals surface area (Å²) in [6.07, 6.45) is 9.35. The number of urea groups is 1. The summed E-state index contributed by atoms with van der Waals surface area (Å²) in [5.41, 5.74) is -2.13. The largest absolute Gasteiger partial charge is 0.353 e. The smallest absolute Gasteiger partial charge is 0.315 e. The Kier molecular flexibility index (Phi) is 13.3. The molecule has 2 fully saturated rings. The van der Waals surface area contributed by atoms with Gasteiger partial charge in [-0.05, 0) is 63.2 Å². The standard InChI is InChI=1S/C35H59N5O7S/c1-12-13-17-24(26(41)29(43)36-11)37-28(42)25-20-34(9,10)23(2)21-40(25)30(44)27(32(3,4)5)38-31(45)39-35(18-15-14-16-19-35)22-48(46,47)33(6,7)8/h1,23-25,27H,13-22H2,2-11H3,(H,36,43)(H,37,42)(H2,38,39,45)/t23?,24?,25-,27+/m0/s1. The number of nitrogens with one attached hydrogen (secondary N) is 4. The van der Waals surface area contributed by atoms with Gasteiger partial charge in [-0.25, -0.2) is 13.2 Å². The molecule has 0 radical (unpaired) electrons. The van der Waals surface area contributed by atoms with Crippen molar-refractivity contribution in [1.29, 1.82) is 0 Å². The molecule has 0 aromatic carbocycles. The first-order chi connectivity index (χ1) is 21.9. The van der Waals surface area contributed by atoms with Crippen LogP contribution in [0, 0.1) is 29.1 Å². The van der Waals surface area contributed by atoms with E-state index in [0.29, 0.717) is 12.8 Å². The number of likely N-dealkylation sites (N-methyl/N-ethyl adjacent to an activating group) is 1. The highest BCUT2D eigenvalue weighted by Crippen LogP contribution is 2.40. The molecular weight excluding hydrogens is 634 g/mol. The van der Waals surface area contributed by atoms with E-state index in [-0.39, 0.29) is 42.9 Å². The topological polar surface area (TPSA) is 171 Å². The van der Waals surface area contributed by atoms with E-state index in [4.69, 9.17) is 6.42 Å². The number of carbonyl (C=O) groups excluding carboxylic acids is 5. The van der Waals surface area contributed by atoms with Gasteiger partial charge in [0.15, 0.2) is 9.84 Å². The van der Waals surface area contributed by atoms with E-state index in [1.165, 1.54) is 11.9 Å². The molecule has 2 unspecified atom stereocenters. The van der Waals surface area contributed by atoms with Crippen molar-refractivity contribution in [3.63, 3.8) is 0 Å². The highest BCUT2D eigenvalue weighted by molar-refractivity contribution is 7.92. The molecule has 0 spiro atoms. The van der Waals surface area contributed by atoms with Gasteiger partial charge in [0, 0.05) is 20.0 Å². The summed E-state index contributed by atoms with van der Waals surface area (Å²) in [5.74, 6) is -0.555. The SMILES string of the molecule is C#CCCC(NC(=O)[C@@H]1CC(C)(C)C(C)CN1C(=O)[C@@H](NC(=O)NC1(CS(=O)(=O)C(C)(C)C)CCCCC1)C(C)(C)C)C(=O)C(=O)NC. The number of nitrogens with zero attached hydrogens (tertiary/aromatic N) is 1. The van der Waals surface area contributed by atoms with Crippen molar-refractivity contribution >= 4 is 39.4 Å². The number of hydrogen-bond donors (Lipinski definition) is 4. The first kappa shape index (κ1) is 41.0. The second kappa shape index (κ2) is 15.6. The number of ketones is 1. The number of Topliss-reactive ketones (excluding diaryl/α,β-unsaturated/α-hetero) is 1. The molecule has 2 rings (SSSR count). The minimum atomic E-state index is -3.58. The summed E-state index contributed by atoms with van der Waals surface area (Å²) in [5, 5.41) is 10.8. The van der Waals surface area contributed by atoms with Crippen molar-refractivity contribution in [2.75, 3.05) is 19.3 Å². The zero-order valence-corrected chi connectivity index (χ0v) is 31.5. The monoisotopic (exact) mass is 693 g/mol. The van der Waals surface area contributed by atoms with Crippen LogP contribution in [0.25, 0.3) is 0 Å². The number of amides is 5. The van der Waals surface area contributed by atoms with E-state index >= 15 is 0 Å². The molecule has 4 atom stereocenters. The number of piperidine rings is 1. The number of hydrogen-bond acceptors (Lipinski definition) is 7. The molecule has 1 heterocycles. The Bertz CT molecular complexity index is 1360. The van der Waals surface area contributed by atoms with Crippen molar-refractivity contribution in [3.8, 4) is 12.3 Å². The Hall–Kier alpha value is -3.14. The highest BCUT2D eigenvalue weighted by Gasteiger charge is 2.48. The van der Waals surface area contributed by atoms with Crippen LogP contribution in [0.3, 0.4) is 0 Å². The molecule has 12 nitrogen and oxygen atoms in total. The van der Waals surface area contributed by atoms with E-state index in [1.54, 1.807) is 41.5 Å². The van der Waals surface area contributed by atoms with Crippen molar-refractivity contribution in [2.45, 2.75) is 142 Å². The Morgan fingerprint density at radius 3 is 2.06 bits per heavy atom. The third-order valence-electron chi connectivity index (χ3n) is 10.1. The fraction of sp³-hybridized carbons (Fsp3) is 0.800. The van der Waals surface area contributed by atoms with Crippen molar-refractivity contribution in [2.24, 2.45) is 16.7 Å².